The first-order valence-corrected chi connectivity index (χ1v) is 6.98. The Morgan fingerprint density at radius 1 is 1.20 bits per heavy atom. The van der Waals surface area contributed by atoms with Crippen molar-refractivity contribution in [2.24, 2.45) is 0 Å². The van der Waals surface area contributed by atoms with E-state index in [9.17, 15) is 14.4 Å². The van der Waals surface area contributed by atoms with Crippen molar-refractivity contribution in [1.82, 2.24) is 15.5 Å². The van der Waals surface area contributed by atoms with Crippen molar-refractivity contribution in [1.29, 1.82) is 0 Å². The van der Waals surface area contributed by atoms with Gasteiger partial charge in [0.05, 0.1) is 18.5 Å². The van der Waals surface area contributed by atoms with Crippen LogP contribution in [0.25, 0.3) is 0 Å². The fourth-order valence-corrected chi connectivity index (χ4v) is 2.37. The minimum atomic E-state index is -0.927. The summed E-state index contributed by atoms with van der Waals surface area (Å²) in [6, 6.07) is -0.480. The summed E-state index contributed by atoms with van der Waals surface area (Å²) in [6.45, 7) is 4.87. The van der Waals surface area contributed by atoms with Gasteiger partial charge in [0.2, 0.25) is 5.91 Å². The molecule has 0 heterocycles. The predicted molar refractivity (Wildman–Crippen MR) is 73.3 cm³/mol. The van der Waals surface area contributed by atoms with E-state index in [0.717, 1.165) is 6.42 Å². The molecule has 0 saturated heterocycles. The Bertz CT molecular complexity index is 376. The SMILES string of the molecule is CCN(CC)C(=O)CNC(=O)NC1(CC(=O)O)CCC1. The third-order valence-electron chi connectivity index (χ3n) is 3.70. The highest BCUT2D eigenvalue weighted by Gasteiger charge is 2.40. The van der Waals surface area contributed by atoms with Crippen LogP contribution in [0.4, 0.5) is 4.79 Å². The van der Waals surface area contributed by atoms with Crippen LogP contribution in [0.3, 0.4) is 0 Å². The van der Waals surface area contributed by atoms with Crippen molar-refractivity contribution in [3.63, 3.8) is 0 Å². The molecule has 0 bridgehead atoms. The third kappa shape index (κ3) is 4.40. The lowest BCUT2D eigenvalue weighted by Gasteiger charge is -2.41. The van der Waals surface area contributed by atoms with Crippen LogP contribution in [-0.4, -0.2) is 53.1 Å². The summed E-state index contributed by atoms with van der Waals surface area (Å²) >= 11 is 0. The molecule has 1 fully saturated rings. The number of likely N-dealkylation sites (N-methyl/N-ethyl adjacent to an activating group) is 1. The first-order valence-electron chi connectivity index (χ1n) is 6.98. The molecule has 0 aromatic heterocycles. The number of rotatable bonds is 7. The van der Waals surface area contributed by atoms with Gasteiger partial charge in [-0.1, -0.05) is 0 Å². The average Bonchev–Trinajstić information content (AvgIpc) is 2.34. The van der Waals surface area contributed by atoms with Gasteiger partial charge >= 0.3 is 12.0 Å². The van der Waals surface area contributed by atoms with E-state index >= 15 is 0 Å². The second-order valence-electron chi connectivity index (χ2n) is 5.08. The van der Waals surface area contributed by atoms with Crippen LogP contribution >= 0.6 is 0 Å². The van der Waals surface area contributed by atoms with E-state index in [1.165, 1.54) is 0 Å². The molecule has 0 aromatic rings. The van der Waals surface area contributed by atoms with Crippen molar-refractivity contribution in [2.45, 2.75) is 45.1 Å². The minimum Gasteiger partial charge on any atom is -0.481 e. The standard InChI is InChI=1S/C13H23N3O4/c1-3-16(4-2)10(17)9-14-12(20)15-13(6-5-7-13)8-11(18)19/h3-9H2,1-2H3,(H,18,19)(H2,14,15,20). The zero-order valence-electron chi connectivity index (χ0n) is 12.1. The summed E-state index contributed by atoms with van der Waals surface area (Å²) in [4.78, 5) is 35.9. The molecule has 0 radical (unpaired) electrons. The number of amides is 3. The van der Waals surface area contributed by atoms with Crippen molar-refractivity contribution in [3.8, 4) is 0 Å². The van der Waals surface area contributed by atoms with Crippen LogP contribution in [0.1, 0.15) is 39.5 Å². The Kier molecular flexibility index (Phi) is 5.79. The Morgan fingerprint density at radius 3 is 2.20 bits per heavy atom. The highest BCUT2D eigenvalue weighted by molar-refractivity contribution is 5.84. The van der Waals surface area contributed by atoms with Crippen LogP contribution in [-0.2, 0) is 9.59 Å². The van der Waals surface area contributed by atoms with Gasteiger partial charge in [0.1, 0.15) is 0 Å². The lowest BCUT2D eigenvalue weighted by Crippen LogP contribution is -2.58. The molecule has 0 spiro atoms. The van der Waals surface area contributed by atoms with Gasteiger partial charge in [-0.3, -0.25) is 9.59 Å². The van der Waals surface area contributed by atoms with Crippen LogP contribution < -0.4 is 10.6 Å². The van der Waals surface area contributed by atoms with Crippen molar-refractivity contribution in [2.75, 3.05) is 19.6 Å². The van der Waals surface area contributed by atoms with E-state index in [4.69, 9.17) is 5.11 Å². The predicted octanol–water partition coefficient (Wildman–Crippen LogP) is 0.551. The van der Waals surface area contributed by atoms with Crippen molar-refractivity contribution < 1.29 is 19.5 Å². The van der Waals surface area contributed by atoms with Gasteiger partial charge in [0.25, 0.3) is 0 Å². The molecule has 3 N–H and O–H groups in total. The number of hydrogen-bond acceptors (Lipinski definition) is 3. The number of carboxylic acid groups (broad SMARTS) is 1. The smallest absolute Gasteiger partial charge is 0.315 e. The fraction of sp³-hybridized carbons (Fsp3) is 0.769. The maximum Gasteiger partial charge on any atom is 0.315 e. The molecule has 3 amide bonds. The first kappa shape index (κ1) is 16.3. The summed E-state index contributed by atoms with van der Waals surface area (Å²) in [6.07, 6.45) is 2.16. The molecule has 0 aromatic carbocycles. The maximum atomic E-state index is 11.8. The Morgan fingerprint density at radius 2 is 1.80 bits per heavy atom. The topological polar surface area (TPSA) is 98.7 Å². The number of carbonyl (C=O) groups excluding carboxylic acids is 2. The van der Waals surface area contributed by atoms with Crippen molar-refractivity contribution >= 4 is 17.9 Å². The van der Waals surface area contributed by atoms with E-state index in [0.29, 0.717) is 25.9 Å². The second-order valence-corrected chi connectivity index (χ2v) is 5.08. The number of nitrogens with one attached hydrogen (secondary N) is 2. The fourth-order valence-electron chi connectivity index (χ4n) is 2.37. The first-order chi connectivity index (χ1) is 9.42. The second kappa shape index (κ2) is 7.12. The third-order valence-corrected chi connectivity index (χ3v) is 3.70. The van der Waals surface area contributed by atoms with E-state index in [-0.39, 0.29) is 18.9 Å². The molecule has 1 saturated carbocycles. The molecule has 1 rings (SSSR count). The monoisotopic (exact) mass is 285 g/mol. The number of carbonyl (C=O) groups is 3. The molecular formula is C13H23N3O4. The summed E-state index contributed by atoms with van der Waals surface area (Å²) in [7, 11) is 0. The highest BCUT2D eigenvalue weighted by atomic mass is 16.4. The molecule has 0 atom stereocenters. The molecule has 7 heteroatoms. The van der Waals surface area contributed by atoms with Crippen LogP contribution in [0.2, 0.25) is 0 Å². The van der Waals surface area contributed by atoms with Crippen LogP contribution in [0, 0.1) is 0 Å². The molecule has 7 nitrogen and oxygen atoms in total. The van der Waals surface area contributed by atoms with Gasteiger partial charge in [0.15, 0.2) is 0 Å². The molecule has 114 valence electrons. The number of hydrogen-bond donors (Lipinski definition) is 3. The van der Waals surface area contributed by atoms with Crippen LogP contribution in [0.15, 0.2) is 0 Å². The van der Waals surface area contributed by atoms with Gasteiger partial charge in [-0.05, 0) is 33.1 Å². The van der Waals surface area contributed by atoms with E-state index in [1.54, 1.807) is 4.90 Å². The van der Waals surface area contributed by atoms with E-state index in [1.807, 2.05) is 13.8 Å². The Hall–Kier alpha value is -1.79. The zero-order valence-corrected chi connectivity index (χ0v) is 12.1. The van der Waals surface area contributed by atoms with Crippen molar-refractivity contribution in [3.05, 3.63) is 0 Å². The average molecular weight is 285 g/mol. The van der Waals surface area contributed by atoms with Gasteiger partial charge in [-0.25, -0.2) is 4.79 Å². The Balaban J connectivity index is 2.39. The van der Waals surface area contributed by atoms with Gasteiger partial charge in [0, 0.05) is 13.1 Å². The summed E-state index contributed by atoms with van der Waals surface area (Å²) in [5.41, 5.74) is -0.645. The molecule has 1 aliphatic carbocycles. The highest BCUT2D eigenvalue weighted by Crippen LogP contribution is 2.34. The number of nitrogens with zero attached hydrogens (tertiary/aromatic N) is 1. The minimum absolute atomic E-state index is 0.0728. The molecular weight excluding hydrogens is 262 g/mol. The number of aliphatic carboxylic acids is 1. The molecule has 1 aliphatic rings. The Labute approximate surface area is 118 Å². The van der Waals surface area contributed by atoms with Gasteiger partial charge in [-0.2, -0.15) is 0 Å². The molecule has 0 unspecified atom stereocenters. The molecule has 20 heavy (non-hydrogen) atoms. The molecule has 0 aliphatic heterocycles. The quantitative estimate of drug-likeness (QED) is 0.636. The van der Waals surface area contributed by atoms with Crippen LogP contribution in [0.5, 0.6) is 0 Å². The summed E-state index contributed by atoms with van der Waals surface area (Å²) in [5, 5.41) is 14.0. The lowest BCUT2D eigenvalue weighted by molar-refractivity contribution is -0.139. The largest absolute Gasteiger partial charge is 0.481 e. The lowest BCUT2D eigenvalue weighted by atomic mass is 9.74. The number of carboxylic acids is 1. The maximum absolute atomic E-state index is 11.8. The zero-order chi connectivity index (χ0) is 15.2. The normalized spacial score (nSPS) is 15.9. The number of urea groups is 1. The summed E-state index contributed by atoms with van der Waals surface area (Å²) < 4.78 is 0. The van der Waals surface area contributed by atoms with Gasteiger partial charge in [-0.15, -0.1) is 0 Å². The summed E-state index contributed by atoms with van der Waals surface area (Å²) in [5.74, 6) is -1.07. The van der Waals surface area contributed by atoms with E-state index < -0.39 is 17.5 Å². The van der Waals surface area contributed by atoms with Gasteiger partial charge < -0.3 is 20.6 Å². The van der Waals surface area contributed by atoms with E-state index in [2.05, 4.69) is 10.6 Å².